The largest absolute Gasteiger partial charge is 0.480 e. The van der Waals surface area contributed by atoms with E-state index in [0.29, 0.717) is 5.82 Å². The van der Waals surface area contributed by atoms with E-state index in [0.717, 1.165) is 6.42 Å². The Morgan fingerprint density at radius 2 is 2.22 bits per heavy atom. The molecule has 0 unspecified atom stereocenters. The molecule has 1 rings (SSSR count). The van der Waals surface area contributed by atoms with Crippen LogP contribution in [-0.2, 0) is 4.74 Å². The Labute approximate surface area is 106 Å². The molecule has 0 radical (unpaired) electrons. The lowest BCUT2D eigenvalue weighted by atomic mass is 10.2. The zero-order chi connectivity index (χ0) is 13.5. The zero-order valence-corrected chi connectivity index (χ0v) is 10.8. The topological polar surface area (TPSA) is 80.7 Å². The van der Waals surface area contributed by atoms with Crippen LogP contribution in [-0.4, -0.2) is 42.9 Å². The molecule has 0 fully saturated rings. The Hall–Kier alpha value is -1.82. The summed E-state index contributed by atoms with van der Waals surface area (Å²) in [5.41, 5.74) is 0.266. The van der Waals surface area contributed by atoms with E-state index in [1.807, 2.05) is 6.92 Å². The van der Waals surface area contributed by atoms with Gasteiger partial charge in [0.1, 0.15) is 11.4 Å². The number of hydrogen-bond acceptors (Lipinski definition) is 6. The second-order valence-corrected chi connectivity index (χ2v) is 3.68. The fourth-order valence-electron chi connectivity index (χ4n) is 1.43. The van der Waals surface area contributed by atoms with E-state index >= 15 is 0 Å². The summed E-state index contributed by atoms with van der Waals surface area (Å²) in [4.78, 5) is 15.6. The van der Waals surface area contributed by atoms with Gasteiger partial charge in [0.15, 0.2) is 0 Å². The molecular weight excluding hydrogens is 236 g/mol. The summed E-state index contributed by atoms with van der Waals surface area (Å²) in [5, 5.41) is 12.1. The zero-order valence-electron chi connectivity index (χ0n) is 10.8. The monoisotopic (exact) mass is 254 g/mol. The van der Waals surface area contributed by atoms with Crippen LogP contribution in [0.25, 0.3) is 0 Å². The Kier molecular flexibility index (Phi) is 5.38. The lowest BCUT2D eigenvalue weighted by Crippen LogP contribution is -2.23. The second kappa shape index (κ2) is 6.80. The van der Waals surface area contributed by atoms with Crippen LogP contribution in [0.1, 0.15) is 23.7 Å². The van der Waals surface area contributed by atoms with Crippen LogP contribution in [0, 0.1) is 0 Å². The van der Waals surface area contributed by atoms with Crippen LogP contribution in [0.4, 0.5) is 5.82 Å². The van der Waals surface area contributed by atoms with Crippen molar-refractivity contribution >= 4 is 11.8 Å². The second-order valence-electron chi connectivity index (χ2n) is 3.68. The number of rotatable bonds is 6. The lowest BCUT2D eigenvalue weighted by Gasteiger charge is -2.15. The Morgan fingerprint density at radius 3 is 2.72 bits per heavy atom. The quantitative estimate of drug-likeness (QED) is 0.739. The van der Waals surface area contributed by atoms with Crippen molar-refractivity contribution in [3.8, 4) is 5.88 Å². The van der Waals surface area contributed by atoms with Crippen LogP contribution in [0.3, 0.4) is 0 Å². The van der Waals surface area contributed by atoms with Crippen LogP contribution in [0.15, 0.2) is 12.1 Å². The maximum atomic E-state index is 11.4. The van der Waals surface area contributed by atoms with Gasteiger partial charge in [0, 0.05) is 0 Å². The highest BCUT2D eigenvalue weighted by atomic mass is 16.5. The SMILES string of the molecule is CC[C@@H](CO)Nc1ccc(C(=O)OC)c(OC)n1. The van der Waals surface area contributed by atoms with Crippen molar-refractivity contribution in [1.82, 2.24) is 4.98 Å². The first-order valence-corrected chi connectivity index (χ1v) is 5.67. The van der Waals surface area contributed by atoms with Crippen molar-refractivity contribution in [2.24, 2.45) is 0 Å². The van der Waals surface area contributed by atoms with Gasteiger partial charge in [-0.25, -0.2) is 4.79 Å². The number of aliphatic hydroxyl groups is 1. The number of aliphatic hydroxyl groups excluding tert-OH is 1. The van der Waals surface area contributed by atoms with Crippen LogP contribution >= 0.6 is 0 Å². The number of carbonyl (C=O) groups excluding carboxylic acids is 1. The molecule has 1 heterocycles. The number of aromatic nitrogens is 1. The lowest BCUT2D eigenvalue weighted by molar-refractivity contribution is 0.0596. The third-order valence-electron chi connectivity index (χ3n) is 2.52. The molecule has 6 heteroatoms. The van der Waals surface area contributed by atoms with Crippen molar-refractivity contribution in [2.75, 3.05) is 26.1 Å². The summed E-state index contributed by atoms with van der Waals surface area (Å²) in [6, 6.07) is 3.14. The number of carbonyl (C=O) groups is 1. The Morgan fingerprint density at radius 1 is 1.50 bits per heavy atom. The smallest absolute Gasteiger partial charge is 0.343 e. The molecule has 1 aromatic rings. The molecule has 0 saturated carbocycles. The van der Waals surface area contributed by atoms with Crippen molar-refractivity contribution in [2.45, 2.75) is 19.4 Å². The summed E-state index contributed by atoms with van der Waals surface area (Å²) < 4.78 is 9.67. The molecule has 0 saturated heterocycles. The van der Waals surface area contributed by atoms with E-state index in [-0.39, 0.29) is 24.1 Å². The first kappa shape index (κ1) is 14.2. The molecule has 18 heavy (non-hydrogen) atoms. The fourth-order valence-corrected chi connectivity index (χ4v) is 1.43. The predicted molar refractivity (Wildman–Crippen MR) is 66.9 cm³/mol. The summed E-state index contributed by atoms with van der Waals surface area (Å²) in [6.07, 6.45) is 0.763. The molecular formula is C12H18N2O4. The molecule has 1 atom stereocenters. The van der Waals surface area contributed by atoms with E-state index in [1.165, 1.54) is 14.2 Å². The number of hydrogen-bond donors (Lipinski definition) is 2. The number of esters is 1. The maximum Gasteiger partial charge on any atom is 0.343 e. The minimum atomic E-state index is -0.500. The van der Waals surface area contributed by atoms with Crippen LogP contribution < -0.4 is 10.1 Å². The van der Waals surface area contributed by atoms with Gasteiger partial charge in [-0.1, -0.05) is 6.92 Å². The third kappa shape index (κ3) is 3.33. The average Bonchev–Trinajstić information content (AvgIpc) is 2.43. The van der Waals surface area contributed by atoms with Gasteiger partial charge in [-0.15, -0.1) is 0 Å². The number of methoxy groups -OCH3 is 2. The number of anilines is 1. The Bertz CT molecular complexity index is 405. The van der Waals surface area contributed by atoms with Crippen LogP contribution in [0.2, 0.25) is 0 Å². The van der Waals surface area contributed by atoms with E-state index in [9.17, 15) is 4.79 Å². The van der Waals surface area contributed by atoms with E-state index in [4.69, 9.17) is 9.84 Å². The Balaban J connectivity index is 2.94. The van der Waals surface area contributed by atoms with Crippen molar-refractivity contribution < 1.29 is 19.4 Å². The van der Waals surface area contributed by atoms with E-state index < -0.39 is 5.97 Å². The molecule has 0 spiro atoms. The van der Waals surface area contributed by atoms with Gasteiger partial charge in [0.05, 0.1) is 26.9 Å². The summed E-state index contributed by atoms with van der Waals surface area (Å²) in [7, 11) is 2.73. The molecule has 100 valence electrons. The molecule has 2 N–H and O–H groups in total. The molecule has 0 bridgehead atoms. The van der Waals surface area contributed by atoms with E-state index in [1.54, 1.807) is 12.1 Å². The fraction of sp³-hybridized carbons (Fsp3) is 0.500. The van der Waals surface area contributed by atoms with Gasteiger partial charge in [0.25, 0.3) is 0 Å². The van der Waals surface area contributed by atoms with Gasteiger partial charge in [-0.2, -0.15) is 4.98 Å². The van der Waals surface area contributed by atoms with Crippen molar-refractivity contribution in [3.05, 3.63) is 17.7 Å². The first-order chi connectivity index (χ1) is 8.65. The first-order valence-electron chi connectivity index (χ1n) is 5.67. The van der Waals surface area contributed by atoms with Crippen molar-refractivity contribution in [1.29, 1.82) is 0 Å². The summed E-state index contributed by atoms with van der Waals surface area (Å²) in [6.45, 7) is 1.97. The van der Waals surface area contributed by atoms with Gasteiger partial charge in [-0.3, -0.25) is 0 Å². The number of nitrogens with one attached hydrogen (secondary N) is 1. The summed E-state index contributed by atoms with van der Waals surface area (Å²) in [5.74, 6) is 0.236. The highest BCUT2D eigenvalue weighted by Gasteiger charge is 2.15. The highest BCUT2D eigenvalue weighted by molar-refractivity contribution is 5.92. The number of nitrogens with zero attached hydrogens (tertiary/aromatic N) is 1. The minimum Gasteiger partial charge on any atom is -0.480 e. The predicted octanol–water partition coefficient (Wildman–Crippen LogP) is 1.06. The summed E-state index contributed by atoms with van der Waals surface area (Å²) >= 11 is 0. The van der Waals surface area contributed by atoms with Gasteiger partial charge >= 0.3 is 5.97 Å². The van der Waals surface area contributed by atoms with Gasteiger partial charge in [-0.05, 0) is 18.6 Å². The van der Waals surface area contributed by atoms with Crippen LogP contribution in [0.5, 0.6) is 5.88 Å². The number of pyridine rings is 1. The van der Waals surface area contributed by atoms with Crippen molar-refractivity contribution in [3.63, 3.8) is 0 Å². The molecule has 0 aliphatic rings. The van der Waals surface area contributed by atoms with E-state index in [2.05, 4.69) is 15.0 Å². The molecule has 0 aromatic carbocycles. The van der Waals surface area contributed by atoms with Gasteiger partial charge in [0.2, 0.25) is 5.88 Å². The molecule has 0 aliphatic carbocycles. The normalized spacial score (nSPS) is 11.8. The number of ether oxygens (including phenoxy) is 2. The molecule has 1 aromatic heterocycles. The standard InChI is InChI=1S/C12H18N2O4/c1-4-8(7-15)13-10-6-5-9(12(16)18-3)11(14-10)17-2/h5-6,8,15H,4,7H2,1-3H3,(H,13,14)/t8-/m0/s1. The molecule has 0 aliphatic heterocycles. The highest BCUT2D eigenvalue weighted by Crippen LogP contribution is 2.19. The molecule has 0 amide bonds. The minimum absolute atomic E-state index is 0.0131. The third-order valence-corrected chi connectivity index (χ3v) is 2.52. The van der Waals surface area contributed by atoms with Gasteiger partial charge < -0.3 is 19.9 Å². The average molecular weight is 254 g/mol. The molecule has 6 nitrogen and oxygen atoms in total. The maximum absolute atomic E-state index is 11.4.